The highest BCUT2D eigenvalue weighted by atomic mass is 19.4. The van der Waals surface area contributed by atoms with Gasteiger partial charge >= 0.3 is 6.18 Å². The van der Waals surface area contributed by atoms with Crippen LogP contribution in [-0.4, -0.2) is 11.2 Å². The van der Waals surface area contributed by atoms with Crippen molar-refractivity contribution in [3.63, 3.8) is 0 Å². The van der Waals surface area contributed by atoms with Gasteiger partial charge in [-0.1, -0.05) is 6.07 Å². The van der Waals surface area contributed by atoms with E-state index in [1.165, 1.54) is 0 Å². The zero-order valence-electron chi connectivity index (χ0n) is 9.41. The van der Waals surface area contributed by atoms with Gasteiger partial charge in [0.25, 0.3) is 0 Å². The third-order valence-corrected chi connectivity index (χ3v) is 3.16. The summed E-state index contributed by atoms with van der Waals surface area (Å²) >= 11 is 0. The third kappa shape index (κ3) is 2.64. The standard InChI is InChI=1S/C12H13F4NO/c13-9-5-7(12(14,15)16)3-4-8(9)10(17)11(18)6-1-2-6/h3-6,10-11,18H,1-2,17H2/t10-,11+/m0/s1. The first-order valence-electron chi connectivity index (χ1n) is 5.61. The molecule has 18 heavy (non-hydrogen) atoms. The number of hydrogen-bond acceptors (Lipinski definition) is 2. The molecule has 0 radical (unpaired) electrons. The van der Waals surface area contributed by atoms with Crippen molar-refractivity contribution >= 4 is 0 Å². The largest absolute Gasteiger partial charge is 0.416 e. The van der Waals surface area contributed by atoms with Gasteiger partial charge in [0.15, 0.2) is 0 Å². The summed E-state index contributed by atoms with van der Waals surface area (Å²) in [5.74, 6) is -1.00. The van der Waals surface area contributed by atoms with E-state index in [1.54, 1.807) is 0 Å². The molecule has 0 saturated heterocycles. The van der Waals surface area contributed by atoms with E-state index in [4.69, 9.17) is 5.73 Å². The number of rotatable bonds is 3. The maximum Gasteiger partial charge on any atom is 0.416 e. The lowest BCUT2D eigenvalue weighted by atomic mass is 9.97. The minimum Gasteiger partial charge on any atom is -0.391 e. The maximum atomic E-state index is 13.6. The molecule has 0 spiro atoms. The molecule has 6 heteroatoms. The van der Waals surface area contributed by atoms with Gasteiger partial charge in [-0.3, -0.25) is 0 Å². The highest BCUT2D eigenvalue weighted by molar-refractivity contribution is 5.29. The number of benzene rings is 1. The van der Waals surface area contributed by atoms with Crippen LogP contribution in [0.4, 0.5) is 17.6 Å². The van der Waals surface area contributed by atoms with Crippen LogP contribution in [0, 0.1) is 11.7 Å². The van der Waals surface area contributed by atoms with Crippen molar-refractivity contribution in [2.45, 2.75) is 31.2 Å². The molecule has 1 fully saturated rings. The molecule has 2 atom stereocenters. The van der Waals surface area contributed by atoms with Crippen LogP contribution in [-0.2, 0) is 6.18 Å². The first-order chi connectivity index (χ1) is 8.30. The zero-order chi connectivity index (χ0) is 13.5. The lowest BCUT2D eigenvalue weighted by Gasteiger charge is -2.20. The Kier molecular flexibility index (Phi) is 3.33. The van der Waals surface area contributed by atoms with Gasteiger partial charge < -0.3 is 10.8 Å². The molecule has 0 bridgehead atoms. The van der Waals surface area contributed by atoms with Gasteiger partial charge in [-0.15, -0.1) is 0 Å². The Morgan fingerprint density at radius 3 is 2.33 bits per heavy atom. The summed E-state index contributed by atoms with van der Waals surface area (Å²) in [7, 11) is 0. The summed E-state index contributed by atoms with van der Waals surface area (Å²) in [5.41, 5.74) is 4.53. The molecule has 0 unspecified atom stereocenters. The highest BCUT2D eigenvalue weighted by Gasteiger charge is 2.36. The minimum atomic E-state index is -4.58. The highest BCUT2D eigenvalue weighted by Crippen LogP contribution is 2.38. The number of aliphatic hydroxyl groups excluding tert-OH is 1. The second-order valence-electron chi connectivity index (χ2n) is 4.59. The van der Waals surface area contributed by atoms with Crippen LogP contribution in [0.3, 0.4) is 0 Å². The van der Waals surface area contributed by atoms with Crippen LogP contribution in [0.2, 0.25) is 0 Å². The zero-order valence-corrected chi connectivity index (χ0v) is 9.41. The molecule has 1 aromatic carbocycles. The van der Waals surface area contributed by atoms with E-state index in [0.29, 0.717) is 6.07 Å². The van der Waals surface area contributed by atoms with Crippen LogP contribution in [0.15, 0.2) is 18.2 Å². The number of aliphatic hydroxyl groups is 1. The van der Waals surface area contributed by atoms with E-state index in [-0.39, 0.29) is 11.5 Å². The van der Waals surface area contributed by atoms with Crippen molar-refractivity contribution in [2.24, 2.45) is 11.7 Å². The second kappa shape index (κ2) is 4.51. The van der Waals surface area contributed by atoms with Gasteiger partial charge in [-0.05, 0) is 30.9 Å². The van der Waals surface area contributed by atoms with Gasteiger partial charge in [-0.25, -0.2) is 4.39 Å². The molecule has 0 amide bonds. The first-order valence-corrected chi connectivity index (χ1v) is 5.61. The second-order valence-corrected chi connectivity index (χ2v) is 4.59. The van der Waals surface area contributed by atoms with Crippen LogP contribution < -0.4 is 5.73 Å². The van der Waals surface area contributed by atoms with E-state index in [0.717, 1.165) is 25.0 Å². The predicted molar refractivity (Wildman–Crippen MR) is 57.1 cm³/mol. The summed E-state index contributed by atoms with van der Waals surface area (Å²) in [4.78, 5) is 0. The SMILES string of the molecule is N[C@@H](c1ccc(C(F)(F)F)cc1F)[C@H](O)C1CC1. The smallest absolute Gasteiger partial charge is 0.391 e. The Balaban J connectivity index is 2.24. The minimum absolute atomic E-state index is 0.0293. The summed E-state index contributed by atoms with van der Waals surface area (Å²) < 4.78 is 50.6. The fourth-order valence-corrected chi connectivity index (χ4v) is 1.89. The number of hydrogen-bond donors (Lipinski definition) is 2. The molecule has 0 aromatic heterocycles. The molecule has 0 heterocycles. The Labute approximate surface area is 101 Å². The Hall–Kier alpha value is -1.14. The van der Waals surface area contributed by atoms with Crippen LogP contribution in [0.1, 0.15) is 30.0 Å². The van der Waals surface area contributed by atoms with Crippen molar-refractivity contribution in [1.82, 2.24) is 0 Å². The molecule has 1 saturated carbocycles. The van der Waals surface area contributed by atoms with Crippen LogP contribution in [0.25, 0.3) is 0 Å². The van der Waals surface area contributed by atoms with Crippen molar-refractivity contribution < 1.29 is 22.7 Å². The fraction of sp³-hybridized carbons (Fsp3) is 0.500. The Morgan fingerprint density at radius 1 is 1.28 bits per heavy atom. The molecule has 1 aromatic rings. The van der Waals surface area contributed by atoms with E-state index >= 15 is 0 Å². The van der Waals surface area contributed by atoms with E-state index in [1.807, 2.05) is 0 Å². The Bertz CT molecular complexity index is 442. The number of alkyl halides is 3. The number of nitrogens with two attached hydrogens (primary N) is 1. The fourth-order valence-electron chi connectivity index (χ4n) is 1.89. The van der Waals surface area contributed by atoms with Gasteiger partial charge in [0.1, 0.15) is 5.82 Å². The lowest BCUT2D eigenvalue weighted by Crippen LogP contribution is -2.28. The summed E-state index contributed by atoms with van der Waals surface area (Å²) in [5, 5.41) is 9.75. The third-order valence-electron chi connectivity index (χ3n) is 3.16. The van der Waals surface area contributed by atoms with Crippen LogP contribution in [0.5, 0.6) is 0 Å². The lowest BCUT2D eigenvalue weighted by molar-refractivity contribution is -0.137. The normalized spacial score (nSPS) is 19.7. The van der Waals surface area contributed by atoms with Gasteiger partial charge in [0.2, 0.25) is 0 Å². The Morgan fingerprint density at radius 2 is 1.89 bits per heavy atom. The number of halogens is 4. The van der Waals surface area contributed by atoms with Crippen molar-refractivity contribution in [3.8, 4) is 0 Å². The average Bonchev–Trinajstić information content (AvgIpc) is 3.09. The summed E-state index contributed by atoms with van der Waals surface area (Å²) in [6.45, 7) is 0. The first kappa shape index (κ1) is 13.3. The van der Waals surface area contributed by atoms with Gasteiger partial charge in [0, 0.05) is 5.56 Å². The van der Waals surface area contributed by atoms with Crippen molar-refractivity contribution in [2.75, 3.05) is 0 Å². The summed E-state index contributed by atoms with van der Waals surface area (Å²) in [6, 6.07) is 1.20. The molecular weight excluding hydrogens is 250 g/mol. The molecule has 100 valence electrons. The van der Waals surface area contributed by atoms with Crippen LogP contribution >= 0.6 is 0 Å². The summed E-state index contributed by atoms with van der Waals surface area (Å²) in [6.07, 6.45) is -3.86. The van der Waals surface area contributed by atoms with Gasteiger partial charge in [-0.2, -0.15) is 13.2 Å². The van der Waals surface area contributed by atoms with Gasteiger partial charge in [0.05, 0.1) is 17.7 Å². The monoisotopic (exact) mass is 263 g/mol. The molecule has 3 N–H and O–H groups in total. The molecule has 0 aliphatic heterocycles. The maximum absolute atomic E-state index is 13.6. The van der Waals surface area contributed by atoms with E-state index in [9.17, 15) is 22.7 Å². The average molecular weight is 263 g/mol. The van der Waals surface area contributed by atoms with E-state index < -0.39 is 29.7 Å². The molecule has 1 aliphatic carbocycles. The molecule has 2 nitrogen and oxygen atoms in total. The predicted octanol–water partition coefficient (Wildman–Crippen LogP) is 2.62. The van der Waals surface area contributed by atoms with Crippen molar-refractivity contribution in [1.29, 1.82) is 0 Å². The van der Waals surface area contributed by atoms with Crippen molar-refractivity contribution in [3.05, 3.63) is 35.1 Å². The molecule has 2 rings (SSSR count). The molecule has 1 aliphatic rings. The van der Waals surface area contributed by atoms with E-state index in [2.05, 4.69) is 0 Å². The topological polar surface area (TPSA) is 46.2 Å². The quantitative estimate of drug-likeness (QED) is 0.823. The molecular formula is C12H13F4NO.